The van der Waals surface area contributed by atoms with Crippen molar-refractivity contribution >= 4 is 11.4 Å². The average molecular weight is 352 g/mol. The molecule has 1 aliphatic heterocycles. The Kier molecular flexibility index (Phi) is 3.70. The molecule has 0 amide bonds. The monoisotopic (exact) mass is 352 g/mol. The van der Waals surface area contributed by atoms with Gasteiger partial charge in [0.2, 0.25) is 5.69 Å². The van der Waals surface area contributed by atoms with Gasteiger partial charge >= 0.3 is 12.4 Å². The maximum Gasteiger partial charge on any atom is 0.407 e. The maximum atomic E-state index is 13.9. The van der Waals surface area contributed by atoms with Crippen LogP contribution in [0.3, 0.4) is 0 Å². The van der Waals surface area contributed by atoms with Crippen LogP contribution >= 0.6 is 0 Å². The predicted octanol–water partition coefficient (Wildman–Crippen LogP) is 5.17. The van der Waals surface area contributed by atoms with E-state index in [1.807, 2.05) is 0 Å². The van der Waals surface area contributed by atoms with Crippen LogP contribution in [0.25, 0.3) is 4.85 Å². The second-order valence-corrected chi connectivity index (χ2v) is 6.13. The first-order valence-corrected chi connectivity index (χ1v) is 7.13. The first kappa shape index (κ1) is 16.9. The van der Waals surface area contributed by atoms with Crippen LogP contribution in [-0.4, -0.2) is 18.8 Å². The summed E-state index contributed by atoms with van der Waals surface area (Å²) in [6.07, 6.45) is -9.96. The molecule has 1 aliphatic carbocycles. The highest BCUT2D eigenvalue weighted by Crippen LogP contribution is 2.54. The second kappa shape index (κ2) is 5.26. The Bertz CT molecular complexity index is 701. The van der Waals surface area contributed by atoms with Gasteiger partial charge in [-0.2, -0.15) is 26.3 Å². The lowest BCUT2D eigenvalue weighted by molar-refractivity contribution is -0.139. The maximum absolute atomic E-state index is 13.9. The molecule has 0 radical (unpaired) electrons. The standard InChI is InChI=1S/C15H11F7N2/c1-23-13-10(15(20,21)22)3-8(4-11(13)16)24-6-7-2-9(7)12(24)5-14(17,18)19/h3-4,7,9,12H,2,5-6H2/t7-,9-,12+/m1/s1. The zero-order chi connectivity index (χ0) is 17.9. The van der Waals surface area contributed by atoms with Crippen LogP contribution in [0.1, 0.15) is 18.4 Å². The summed E-state index contributed by atoms with van der Waals surface area (Å²) in [4.78, 5) is 3.76. The molecule has 1 aromatic rings. The zero-order valence-electron chi connectivity index (χ0n) is 12.0. The predicted molar refractivity (Wildman–Crippen MR) is 71.1 cm³/mol. The summed E-state index contributed by atoms with van der Waals surface area (Å²) >= 11 is 0. The molecule has 1 heterocycles. The van der Waals surface area contributed by atoms with Crippen molar-refractivity contribution in [3.8, 4) is 0 Å². The fourth-order valence-corrected chi connectivity index (χ4v) is 3.45. The topological polar surface area (TPSA) is 7.60 Å². The van der Waals surface area contributed by atoms with Gasteiger partial charge in [-0.1, -0.05) is 0 Å². The molecule has 0 N–H and O–H groups in total. The Morgan fingerprint density at radius 2 is 1.83 bits per heavy atom. The molecule has 130 valence electrons. The van der Waals surface area contributed by atoms with Gasteiger partial charge in [-0.15, -0.1) is 0 Å². The molecular formula is C15H11F7N2. The average Bonchev–Trinajstić information content (AvgIpc) is 3.12. The van der Waals surface area contributed by atoms with Gasteiger partial charge in [-0.25, -0.2) is 9.24 Å². The van der Waals surface area contributed by atoms with E-state index in [1.54, 1.807) is 0 Å². The number of hydrogen-bond acceptors (Lipinski definition) is 1. The number of hydrogen-bond donors (Lipinski definition) is 0. The van der Waals surface area contributed by atoms with Gasteiger partial charge in [0.1, 0.15) is 5.82 Å². The minimum Gasteiger partial charge on any atom is -0.368 e. The Hall–Kier alpha value is -1.98. The fraction of sp³-hybridized carbons (Fsp3) is 0.533. The van der Waals surface area contributed by atoms with E-state index in [4.69, 9.17) is 6.57 Å². The van der Waals surface area contributed by atoms with Gasteiger partial charge in [0.15, 0.2) is 0 Å². The minimum absolute atomic E-state index is 0.00436. The lowest BCUT2D eigenvalue weighted by atomic mass is 10.1. The second-order valence-electron chi connectivity index (χ2n) is 6.13. The summed E-state index contributed by atoms with van der Waals surface area (Å²) < 4.78 is 91.2. The van der Waals surface area contributed by atoms with E-state index in [2.05, 4.69) is 4.85 Å². The molecule has 2 fully saturated rings. The molecule has 1 aromatic carbocycles. The number of halogens is 7. The molecule has 2 nitrogen and oxygen atoms in total. The number of nitrogens with zero attached hydrogens (tertiary/aromatic N) is 2. The molecular weight excluding hydrogens is 341 g/mol. The van der Waals surface area contributed by atoms with E-state index >= 15 is 0 Å². The highest BCUT2D eigenvalue weighted by Gasteiger charge is 2.55. The van der Waals surface area contributed by atoms with Crippen LogP contribution in [0.5, 0.6) is 0 Å². The lowest BCUT2D eigenvalue weighted by Gasteiger charge is -2.31. The summed E-state index contributed by atoms with van der Waals surface area (Å²) in [7, 11) is 0. The Morgan fingerprint density at radius 3 is 2.38 bits per heavy atom. The summed E-state index contributed by atoms with van der Waals surface area (Å²) in [5.74, 6) is -1.61. The van der Waals surface area contributed by atoms with Gasteiger partial charge in [0, 0.05) is 18.3 Å². The molecule has 24 heavy (non-hydrogen) atoms. The van der Waals surface area contributed by atoms with Gasteiger partial charge in [-0.3, -0.25) is 0 Å². The van der Waals surface area contributed by atoms with Gasteiger partial charge in [0.05, 0.1) is 18.6 Å². The minimum atomic E-state index is -4.96. The van der Waals surface area contributed by atoms with Crippen LogP contribution < -0.4 is 4.90 Å². The molecule has 1 saturated carbocycles. The Balaban J connectivity index is 2.00. The van der Waals surface area contributed by atoms with Crippen LogP contribution in [0.4, 0.5) is 42.1 Å². The summed E-state index contributed by atoms with van der Waals surface area (Å²) in [5, 5.41) is 0. The van der Waals surface area contributed by atoms with Crippen molar-refractivity contribution in [2.75, 3.05) is 11.4 Å². The van der Waals surface area contributed by atoms with Gasteiger partial charge < -0.3 is 4.90 Å². The van der Waals surface area contributed by atoms with Crippen molar-refractivity contribution in [1.29, 1.82) is 0 Å². The summed E-state index contributed by atoms with van der Waals surface area (Å²) in [6.45, 7) is 6.87. The molecule has 9 heteroatoms. The van der Waals surface area contributed by atoms with Crippen LogP contribution in [0.15, 0.2) is 12.1 Å². The molecule has 3 rings (SSSR count). The first-order valence-electron chi connectivity index (χ1n) is 7.13. The quantitative estimate of drug-likeness (QED) is 0.526. The Labute approximate surface area is 132 Å². The normalized spacial score (nSPS) is 26.2. The van der Waals surface area contributed by atoms with Crippen molar-refractivity contribution in [1.82, 2.24) is 0 Å². The number of anilines is 1. The molecule has 3 atom stereocenters. The fourth-order valence-electron chi connectivity index (χ4n) is 3.45. The molecule has 0 bridgehead atoms. The van der Waals surface area contributed by atoms with Crippen molar-refractivity contribution < 1.29 is 30.7 Å². The molecule has 2 aliphatic rings. The number of benzene rings is 1. The third-order valence-corrected chi connectivity index (χ3v) is 4.54. The van der Waals surface area contributed by atoms with Crippen LogP contribution in [0, 0.1) is 24.2 Å². The van der Waals surface area contributed by atoms with E-state index in [0.717, 1.165) is 6.07 Å². The summed E-state index contributed by atoms with van der Waals surface area (Å²) in [6, 6.07) is 0.302. The number of piperidine rings is 1. The lowest BCUT2D eigenvalue weighted by Crippen LogP contribution is -2.37. The Morgan fingerprint density at radius 1 is 1.17 bits per heavy atom. The number of alkyl halides is 6. The van der Waals surface area contributed by atoms with E-state index < -0.39 is 41.9 Å². The van der Waals surface area contributed by atoms with Crippen molar-refractivity contribution in [2.45, 2.75) is 31.2 Å². The molecule has 0 unspecified atom stereocenters. The summed E-state index contributed by atoms with van der Waals surface area (Å²) in [5.41, 5.74) is -2.88. The van der Waals surface area contributed by atoms with E-state index in [0.29, 0.717) is 12.5 Å². The highest BCUT2D eigenvalue weighted by molar-refractivity contribution is 5.64. The van der Waals surface area contributed by atoms with Crippen molar-refractivity contribution in [3.63, 3.8) is 0 Å². The molecule has 1 saturated heterocycles. The third kappa shape index (κ3) is 3.01. The number of fused-ring (bicyclic) bond motifs is 1. The SMILES string of the molecule is [C-]#[N+]c1c(F)cc(N2C[C@H]3C[C@H]3[C@@H]2CC(F)(F)F)cc1C(F)(F)F. The zero-order valence-corrected chi connectivity index (χ0v) is 12.0. The third-order valence-electron chi connectivity index (χ3n) is 4.54. The van der Waals surface area contributed by atoms with Gasteiger partial charge in [0.25, 0.3) is 0 Å². The highest BCUT2D eigenvalue weighted by atomic mass is 19.4. The number of rotatable bonds is 2. The van der Waals surface area contributed by atoms with Crippen LogP contribution in [-0.2, 0) is 6.18 Å². The smallest absolute Gasteiger partial charge is 0.368 e. The largest absolute Gasteiger partial charge is 0.407 e. The molecule has 0 spiro atoms. The van der Waals surface area contributed by atoms with Crippen molar-refractivity contribution in [3.05, 3.63) is 34.9 Å². The van der Waals surface area contributed by atoms with E-state index in [1.165, 1.54) is 4.90 Å². The van der Waals surface area contributed by atoms with Crippen LogP contribution in [0.2, 0.25) is 0 Å². The van der Waals surface area contributed by atoms with Crippen molar-refractivity contribution in [2.24, 2.45) is 11.8 Å². The van der Waals surface area contributed by atoms with Gasteiger partial charge in [-0.05, 0) is 30.4 Å². The first-order chi connectivity index (χ1) is 11.0. The molecule has 0 aromatic heterocycles. The van der Waals surface area contributed by atoms with E-state index in [9.17, 15) is 30.7 Å². The van der Waals surface area contributed by atoms with E-state index in [-0.39, 0.29) is 24.1 Å².